The first-order valence-electron chi connectivity index (χ1n) is 6.41. The average Bonchev–Trinajstić information content (AvgIpc) is 2.35. The SMILES string of the molecule is COc1ccc(CN2CC(=O)CCC2(C)C)cc1. The Hall–Kier alpha value is -1.35. The second-order valence-corrected chi connectivity index (χ2v) is 5.56. The highest BCUT2D eigenvalue weighted by molar-refractivity contribution is 5.81. The molecule has 1 saturated heterocycles. The van der Waals surface area contributed by atoms with Crippen LogP contribution in [0.1, 0.15) is 32.3 Å². The van der Waals surface area contributed by atoms with Crippen LogP contribution in [0.4, 0.5) is 0 Å². The van der Waals surface area contributed by atoms with Gasteiger partial charge < -0.3 is 4.74 Å². The van der Waals surface area contributed by atoms with Gasteiger partial charge in [0.1, 0.15) is 11.5 Å². The van der Waals surface area contributed by atoms with E-state index in [0.29, 0.717) is 18.7 Å². The molecular weight excluding hydrogens is 226 g/mol. The molecule has 18 heavy (non-hydrogen) atoms. The first-order chi connectivity index (χ1) is 8.51. The molecule has 0 amide bonds. The van der Waals surface area contributed by atoms with Crippen LogP contribution in [0.2, 0.25) is 0 Å². The molecule has 1 aromatic carbocycles. The summed E-state index contributed by atoms with van der Waals surface area (Å²) in [5.41, 5.74) is 1.33. The molecule has 0 saturated carbocycles. The molecule has 98 valence electrons. The third kappa shape index (κ3) is 2.91. The maximum Gasteiger partial charge on any atom is 0.146 e. The second-order valence-electron chi connectivity index (χ2n) is 5.56. The van der Waals surface area contributed by atoms with Crippen molar-refractivity contribution in [2.75, 3.05) is 13.7 Å². The molecule has 1 aliphatic rings. The van der Waals surface area contributed by atoms with Gasteiger partial charge in [-0.2, -0.15) is 0 Å². The number of hydrogen-bond acceptors (Lipinski definition) is 3. The quantitative estimate of drug-likeness (QED) is 0.822. The van der Waals surface area contributed by atoms with Crippen molar-refractivity contribution in [3.63, 3.8) is 0 Å². The van der Waals surface area contributed by atoms with Crippen LogP contribution in [0.3, 0.4) is 0 Å². The van der Waals surface area contributed by atoms with Gasteiger partial charge >= 0.3 is 0 Å². The van der Waals surface area contributed by atoms with Crippen LogP contribution in [-0.2, 0) is 11.3 Å². The molecule has 3 heteroatoms. The zero-order valence-corrected chi connectivity index (χ0v) is 11.4. The molecule has 1 aliphatic heterocycles. The summed E-state index contributed by atoms with van der Waals surface area (Å²) >= 11 is 0. The Morgan fingerprint density at radius 3 is 2.56 bits per heavy atom. The van der Waals surface area contributed by atoms with E-state index in [1.54, 1.807) is 7.11 Å². The number of methoxy groups -OCH3 is 1. The number of likely N-dealkylation sites (tertiary alicyclic amines) is 1. The van der Waals surface area contributed by atoms with E-state index in [4.69, 9.17) is 4.74 Å². The lowest BCUT2D eigenvalue weighted by Crippen LogP contribution is -2.50. The van der Waals surface area contributed by atoms with Gasteiger partial charge in [-0.1, -0.05) is 12.1 Å². The number of ether oxygens (including phenoxy) is 1. The fraction of sp³-hybridized carbons (Fsp3) is 0.533. The van der Waals surface area contributed by atoms with Crippen LogP contribution in [0, 0.1) is 0 Å². The van der Waals surface area contributed by atoms with Crippen LogP contribution < -0.4 is 4.74 Å². The number of benzene rings is 1. The highest BCUT2D eigenvalue weighted by Gasteiger charge is 2.32. The number of piperidine rings is 1. The van der Waals surface area contributed by atoms with Gasteiger partial charge in [0, 0.05) is 18.5 Å². The van der Waals surface area contributed by atoms with Crippen molar-refractivity contribution in [3.05, 3.63) is 29.8 Å². The Labute approximate surface area is 109 Å². The number of rotatable bonds is 3. The predicted molar refractivity (Wildman–Crippen MR) is 71.7 cm³/mol. The van der Waals surface area contributed by atoms with Crippen LogP contribution in [0.15, 0.2) is 24.3 Å². The van der Waals surface area contributed by atoms with Gasteiger partial charge in [-0.05, 0) is 38.0 Å². The van der Waals surface area contributed by atoms with E-state index >= 15 is 0 Å². The number of hydrogen-bond donors (Lipinski definition) is 0. The maximum atomic E-state index is 11.6. The Morgan fingerprint density at radius 1 is 1.28 bits per heavy atom. The minimum atomic E-state index is 0.105. The monoisotopic (exact) mass is 247 g/mol. The van der Waals surface area contributed by atoms with Crippen molar-refractivity contribution in [2.24, 2.45) is 0 Å². The molecule has 1 fully saturated rings. The van der Waals surface area contributed by atoms with Gasteiger partial charge in [-0.15, -0.1) is 0 Å². The minimum absolute atomic E-state index is 0.105. The minimum Gasteiger partial charge on any atom is -0.497 e. The van der Waals surface area contributed by atoms with Crippen LogP contribution in [-0.4, -0.2) is 29.9 Å². The molecule has 0 radical (unpaired) electrons. The summed E-state index contributed by atoms with van der Waals surface area (Å²) in [6.45, 7) is 5.81. The smallest absolute Gasteiger partial charge is 0.146 e. The summed E-state index contributed by atoms with van der Waals surface area (Å²) in [5.74, 6) is 1.22. The van der Waals surface area contributed by atoms with Crippen molar-refractivity contribution in [3.8, 4) is 5.75 Å². The van der Waals surface area contributed by atoms with E-state index < -0.39 is 0 Å². The Balaban J connectivity index is 2.08. The van der Waals surface area contributed by atoms with Gasteiger partial charge in [0.2, 0.25) is 0 Å². The van der Waals surface area contributed by atoms with Crippen molar-refractivity contribution in [2.45, 2.75) is 38.8 Å². The lowest BCUT2D eigenvalue weighted by molar-refractivity contribution is -0.126. The highest BCUT2D eigenvalue weighted by atomic mass is 16.5. The molecular formula is C15H21NO2. The Kier molecular flexibility index (Phi) is 3.71. The number of nitrogens with zero attached hydrogens (tertiary/aromatic N) is 1. The third-order valence-electron chi connectivity index (χ3n) is 3.77. The fourth-order valence-corrected chi connectivity index (χ4v) is 2.33. The first kappa shape index (κ1) is 13.1. The average molecular weight is 247 g/mol. The molecule has 0 spiro atoms. The molecule has 0 unspecified atom stereocenters. The van der Waals surface area contributed by atoms with E-state index in [-0.39, 0.29) is 5.54 Å². The van der Waals surface area contributed by atoms with Crippen LogP contribution in [0.5, 0.6) is 5.75 Å². The molecule has 1 heterocycles. The number of carbonyl (C=O) groups is 1. The summed E-state index contributed by atoms with van der Waals surface area (Å²) in [7, 11) is 1.67. The Bertz CT molecular complexity index is 423. The molecule has 2 rings (SSSR count). The lowest BCUT2D eigenvalue weighted by atomic mass is 9.89. The van der Waals surface area contributed by atoms with Gasteiger partial charge in [0.15, 0.2) is 0 Å². The maximum absolute atomic E-state index is 11.6. The summed E-state index contributed by atoms with van der Waals surface area (Å²) in [6.07, 6.45) is 1.66. The molecule has 0 aromatic heterocycles. The van der Waals surface area contributed by atoms with Gasteiger partial charge in [0.05, 0.1) is 13.7 Å². The largest absolute Gasteiger partial charge is 0.497 e. The van der Waals surface area contributed by atoms with E-state index in [9.17, 15) is 4.79 Å². The molecule has 1 aromatic rings. The molecule has 0 atom stereocenters. The zero-order chi connectivity index (χ0) is 13.2. The predicted octanol–water partition coefficient (Wildman–Crippen LogP) is 2.64. The summed E-state index contributed by atoms with van der Waals surface area (Å²) in [6, 6.07) is 8.06. The molecule has 3 nitrogen and oxygen atoms in total. The molecule has 0 aliphatic carbocycles. The first-order valence-corrected chi connectivity index (χ1v) is 6.41. The van der Waals surface area contributed by atoms with Gasteiger partial charge in [0.25, 0.3) is 0 Å². The number of ketones is 1. The fourth-order valence-electron chi connectivity index (χ4n) is 2.33. The van der Waals surface area contributed by atoms with Crippen molar-refractivity contribution in [1.29, 1.82) is 0 Å². The van der Waals surface area contributed by atoms with Crippen LogP contribution >= 0.6 is 0 Å². The number of Topliss-reactive ketones (excluding diaryl/α,β-unsaturated/α-hetero) is 1. The number of carbonyl (C=O) groups excluding carboxylic acids is 1. The normalized spacial score (nSPS) is 19.8. The highest BCUT2D eigenvalue weighted by Crippen LogP contribution is 2.27. The van der Waals surface area contributed by atoms with Crippen molar-refractivity contribution < 1.29 is 9.53 Å². The summed E-state index contributed by atoms with van der Waals surface area (Å²) in [5, 5.41) is 0. The second kappa shape index (κ2) is 5.11. The zero-order valence-electron chi connectivity index (χ0n) is 11.4. The standard InChI is InChI=1S/C15H21NO2/c1-15(2)9-8-13(17)11-16(15)10-12-4-6-14(18-3)7-5-12/h4-7H,8-11H2,1-3H3. The van der Waals surface area contributed by atoms with E-state index in [1.165, 1.54) is 5.56 Å². The van der Waals surface area contributed by atoms with Gasteiger partial charge in [-0.25, -0.2) is 0 Å². The summed E-state index contributed by atoms with van der Waals surface area (Å²) in [4.78, 5) is 13.9. The van der Waals surface area contributed by atoms with Crippen molar-refractivity contribution in [1.82, 2.24) is 4.90 Å². The van der Waals surface area contributed by atoms with Crippen LogP contribution in [0.25, 0.3) is 0 Å². The van der Waals surface area contributed by atoms with E-state index in [2.05, 4.69) is 30.9 Å². The third-order valence-corrected chi connectivity index (χ3v) is 3.77. The molecule has 0 N–H and O–H groups in total. The van der Waals surface area contributed by atoms with E-state index in [0.717, 1.165) is 18.7 Å². The van der Waals surface area contributed by atoms with Gasteiger partial charge in [-0.3, -0.25) is 9.69 Å². The van der Waals surface area contributed by atoms with Crippen molar-refractivity contribution >= 4 is 5.78 Å². The molecule has 0 bridgehead atoms. The van der Waals surface area contributed by atoms with E-state index in [1.807, 2.05) is 12.1 Å². The lowest BCUT2D eigenvalue weighted by Gasteiger charge is -2.41. The summed E-state index contributed by atoms with van der Waals surface area (Å²) < 4.78 is 5.15. The Morgan fingerprint density at radius 2 is 1.94 bits per heavy atom. The topological polar surface area (TPSA) is 29.5 Å².